The number of nitrogens with one attached hydrogen (secondary N) is 1. The van der Waals surface area contributed by atoms with Gasteiger partial charge in [0.2, 0.25) is 5.91 Å². The molecule has 2 unspecified atom stereocenters. The fraction of sp³-hybridized carbons (Fsp3) is 0.400. The highest BCUT2D eigenvalue weighted by Gasteiger charge is 2.55. The van der Waals surface area contributed by atoms with Crippen LogP contribution in [0.1, 0.15) is 37.3 Å². The third-order valence-corrected chi connectivity index (χ3v) is 6.86. The number of rotatable bonds is 6. The number of fused-ring (bicyclic) bond motifs is 2. The smallest absolute Gasteiger partial charge is 0.325 e. The Bertz CT molecular complexity index is 1050. The summed E-state index contributed by atoms with van der Waals surface area (Å²) in [6, 6.07) is 16.6. The van der Waals surface area contributed by atoms with Crippen LogP contribution >= 0.6 is 0 Å². The van der Waals surface area contributed by atoms with Crippen molar-refractivity contribution in [3.05, 3.63) is 65.7 Å². The summed E-state index contributed by atoms with van der Waals surface area (Å²) in [4.78, 5) is 42.7. The lowest BCUT2D eigenvalue weighted by Gasteiger charge is -2.33. The summed E-state index contributed by atoms with van der Waals surface area (Å²) in [5.74, 6) is 0.465. The first-order valence-corrected chi connectivity index (χ1v) is 11.2. The molecule has 3 aliphatic rings. The van der Waals surface area contributed by atoms with Crippen LogP contribution in [0, 0.1) is 5.92 Å². The predicted octanol–water partition coefficient (Wildman–Crippen LogP) is 3.04. The second-order valence-electron chi connectivity index (χ2n) is 8.91. The van der Waals surface area contributed by atoms with Gasteiger partial charge in [-0.3, -0.25) is 14.5 Å². The number of urea groups is 1. The van der Waals surface area contributed by atoms with Crippen molar-refractivity contribution in [1.82, 2.24) is 15.1 Å². The number of imide groups is 1. The van der Waals surface area contributed by atoms with Crippen LogP contribution in [0.15, 0.2) is 54.6 Å². The van der Waals surface area contributed by atoms with Crippen LogP contribution in [0.4, 0.5) is 4.79 Å². The van der Waals surface area contributed by atoms with Crippen LogP contribution in [0.25, 0.3) is 0 Å². The number of nitrogens with zero attached hydrogens (tertiary/aromatic N) is 2. The van der Waals surface area contributed by atoms with E-state index >= 15 is 0 Å². The lowest BCUT2D eigenvalue weighted by molar-refractivity contribution is -0.141. The van der Waals surface area contributed by atoms with E-state index in [0.29, 0.717) is 36.8 Å². The molecule has 32 heavy (non-hydrogen) atoms. The molecule has 2 aromatic rings. The molecule has 1 spiro atoms. The first-order valence-electron chi connectivity index (χ1n) is 11.2. The van der Waals surface area contributed by atoms with Crippen molar-refractivity contribution in [2.24, 2.45) is 5.92 Å². The maximum Gasteiger partial charge on any atom is 0.325 e. The van der Waals surface area contributed by atoms with Gasteiger partial charge in [0.15, 0.2) is 5.54 Å². The largest absolute Gasteiger partial charge is 0.493 e. The zero-order valence-corrected chi connectivity index (χ0v) is 18.1. The molecule has 1 saturated heterocycles. The van der Waals surface area contributed by atoms with Gasteiger partial charge < -0.3 is 15.0 Å². The molecular weight excluding hydrogens is 406 g/mol. The van der Waals surface area contributed by atoms with Gasteiger partial charge in [-0.05, 0) is 37.3 Å². The third kappa shape index (κ3) is 3.51. The molecule has 2 aliphatic heterocycles. The van der Waals surface area contributed by atoms with Crippen molar-refractivity contribution >= 4 is 17.8 Å². The molecule has 2 heterocycles. The standard InChI is InChI=1S/C25H27N3O4/c1-17(19-11-12-19)27(15-18-7-3-2-4-8-18)22(29)16-28-23(30)25(26-24(28)31)13-14-32-21-10-6-5-9-20(21)25/h2-10,17,19H,11-16H2,1H3,(H,26,31). The topological polar surface area (TPSA) is 79.0 Å². The van der Waals surface area contributed by atoms with Crippen LogP contribution in [0.2, 0.25) is 0 Å². The van der Waals surface area contributed by atoms with E-state index in [9.17, 15) is 14.4 Å². The minimum Gasteiger partial charge on any atom is -0.493 e. The molecule has 1 saturated carbocycles. The summed E-state index contributed by atoms with van der Waals surface area (Å²) < 4.78 is 5.68. The van der Waals surface area contributed by atoms with E-state index in [-0.39, 0.29) is 24.4 Å². The second-order valence-corrected chi connectivity index (χ2v) is 8.91. The van der Waals surface area contributed by atoms with E-state index in [1.165, 1.54) is 0 Å². The van der Waals surface area contributed by atoms with Crippen LogP contribution < -0.4 is 10.1 Å². The summed E-state index contributed by atoms with van der Waals surface area (Å²) >= 11 is 0. The number of carbonyl (C=O) groups is 3. The molecule has 2 atom stereocenters. The summed E-state index contributed by atoms with van der Waals surface area (Å²) in [5, 5.41) is 2.87. The van der Waals surface area contributed by atoms with Crippen molar-refractivity contribution in [2.75, 3.05) is 13.2 Å². The van der Waals surface area contributed by atoms with E-state index < -0.39 is 11.6 Å². The Labute approximate surface area is 187 Å². The minimum atomic E-state index is -1.17. The van der Waals surface area contributed by atoms with Gasteiger partial charge >= 0.3 is 6.03 Å². The van der Waals surface area contributed by atoms with Crippen LogP contribution in [0.5, 0.6) is 5.75 Å². The highest BCUT2D eigenvalue weighted by molar-refractivity contribution is 6.09. The fourth-order valence-electron chi connectivity index (χ4n) is 4.81. The molecule has 166 valence electrons. The van der Waals surface area contributed by atoms with Crippen molar-refractivity contribution in [3.63, 3.8) is 0 Å². The van der Waals surface area contributed by atoms with Gasteiger partial charge in [0.25, 0.3) is 5.91 Å². The van der Waals surface area contributed by atoms with E-state index in [4.69, 9.17) is 4.74 Å². The molecule has 7 heteroatoms. The minimum absolute atomic E-state index is 0.0567. The lowest BCUT2D eigenvalue weighted by atomic mass is 9.84. The molecule has 0 bridgehead atoms. The van der Waals surface area contributed by atoms with Crippen molar-refractivity contribution < 1.29 is 19.1 Å². The van der Waals surface area contributed by atoms with Gasteiger partial charge in [-0.2, -0.15) is 0 Å². The molecular formula is C25H27N3O4. The highest BCUT2D eigenvalue weighted by atomic mass is 16.5. The fourth-order valence-corrected chi connectivity index (χ4v) is 4.81. The zero-order valence-electron chi connectivity index (χ0n) is 18.1. The van der Waals surface area contributed by atoms with Gasteiger partial charge in [-0.15, -0.1) is 0 Å². The first-order chi connectivity index (χ1) is 15.5. The molecule has 2 fully saturated rings. The Balaban J connectivity index is 1.38. The van der Waals surface area contributed by atoms with Crippen molar-refractivity contribution in [3.8, 4) is 5.75 Å². The van der Waals surface area contributed by atoms with Gasteiger partial charge in [-0.25, -0.2) is 4.79 Å². The number of para-hydroxylation sites is 1. The average Bonchev–Trinajstić information content (AvgIpc) is 3.63. The summed E-state index contributed by atoms with van der Waals surface area (Å²) in [6.45, 7) is 2.58. The molecule has 4 amide bonds. The van der Waals surface area contributed by atoms with Gasteiger partial charge in [0.1, 0.15) is 12.3 Å². The molecule has 1 aliphatic carbocycles. The van der Waals surface area contributed by atoms with Crippen LogP contribution in [-0.4, -0.2) is 46.8 Å². The summed E-state index contributed by atoms with van der Waals surface area (Å²) in [7, 11) is 0. The van der Waals surface area contributed by atoms with Gasteiger partial charge in [0.05, 0.1) is 6.61 Å². The average molecular weight is 434 g/mol. The second kappa shape index (κ2) is 7.97. The SMILES string of the molecule is CC(C1CC1)N(Cc1ccccc1)C(=O)CN1C(=O)NC2(CCOc3ccccc32)C1=O. The third-order valence-electron chi connectivity index (χ3n) is 6.86. The van der Waals surface area contributed by atoms with E-state index in [2.05, 4.69) is 12.2 Å². The van der Waals surface area contributed by atoms with Gasteiger partial charge in [0, 0.05) is 24.6 Å². The molecule has 2 aromatic carbocycles. The Kier molecular flexibility index (Phi) is 5.12. The summed E-state index contributed by atoms with van der Waals surface area (Å²) in [5.41, 5.74) is 0.505. The van der Waals surface area contributed by atoms with Crippen molar-refractivity contribution in [1.29, 1.82) is 0 Å². The molecule has 0 aromatic heterocycles. The number of ether oxygens (including phenoxy) is 1. The number of benzene rings is 2. The normalized spacial score (nSPS) is 22.8. The van der Waals surface area contributed by atoms with Crippen LogP contribution in [0.3, 0.4) is 0 Å². The van der Waals surface area contributed by atoms with Gasteiger partial charge in [-0.1, -0.05) is 48.5 Å². The van der Waals surface area contributed by atoms with E-state index in [1.807, 2.05) is 47.4 Å². The Morgan fingerprint density at radius 3 is 2.62 bits per heavy atom. The predicted molar refractivity (Wildman–Crippen MR) is 118 cm³/mol. The molecule has 1 N–H and O–H groups in total. The van der Waals surface area contributed by atoms with Crippen LogP contribution in [-0.2, 0) is 21.7 Å². The quantitative estimate of drug-likeness (QED) is 0.711. The molecule has 7 nitrogen and oxygen atoms in total. The Morgan fingerprint density at radius 1 is 1.16 bits per heavy atom. The van der Waals surface area contributed by atoms with E-state index in [0.717, 1.165) is 23.3 Å². The number of hydrogen-bond donors (Lipinski definition) is 1. The monoisotopic (exact) mass is 433 g/mol. The number of amides is 4. The maximum absolute atomic E-state index is 13.5. The highest BCUT2D eigenvalue weighted by Crippen LogP contribution is 2.41. The Hall–Kier alpha value is -3.35. The number of hydrogen-bond acceptors (Lipinski definition) is 4. The first kappa shape index (κ1) is 20.5. The summed E-state index contributed by atoms with van der Waals surface area (Å²) in [6.07, 6.45) is 2.54. The van der Waals surface area contributed by atoms with Crippen molar-refractivity contribution in [2.45, 2.75) is 44.3 Å². The molecule has 5 rings (SSSR count). The Morgan fingerprint density at radius 2 is 1.88 bits per heavy atom. The maximum atomic E-state index is 13.5. The lowest BCUT2D eigenvalue weighted by Crippen LogP contribution is -2.49. The molecule has 0 radical (unpaired) electrons. The van der Waals surface area contributed by atoms with E-state index in [1.54, 1.807) is 12.1 Å². The number of carbonyl (C=O) groups excluding carboxylic acids is 3. The zero-order chi connectivity index (χ0) is 22.3.